The number of hydrogen-bond donors (Lipinski definition) is 0. The van der Waals surface area contributed by atoms with E-state index in [0.717, 1.165) is 11.6 Å². The van der Waals surface area contributed by atoms with Crippen molar-refractivity contribution in [3.05, 3.63) is 69.8 Å². The monoisotopic (exact) mass is 344 g/mol. The lowest BCUT2D eigenvalue weighted by Crippen LogP contribution is -2.21. The maximum atomic E-state index is 12.1. The first-order valence-electron chi connectivity index (χ1n) is 6.85. The molecule has 0 saturated carbocycles. The molecule has 2 aromatic carbocycles. The molecule has 1 aliphatic heterocycles. The van der Waals surface area contributed by atoms with Gasteiger partial charge in [-0.3, -0.25) is 10.1 Å². The summed E-state index contributed by atoms with van der Waals surface area (Å²) in [4.78, 5) is 9.99. The summed E-state index contributed by atoms with van der Waals surface area (Å²) >= 11 is 0. The number of hydrogen-bond acceptors (Lipinski definition) is 6. The average molecular weight is 344 g/mol. The van der Waals surface area contributed by atoms with Gasteiger partial charge in [-0.1, -0.05) is 30.3 Å². The number of sulfonamides is 1. The Bertz CT molecular complexity index is 968. The first-order chi connectivity index (χ1) is 11.4. The molecule has 1 aliphatic rings. The lowest BCUT2D eigenvalue weighted by molar-refractivity contribution is -0.385. The fraction of sp³-hybridized carbons (Fsp3) is 0.0667. The molecular formula is C15H12N4O4S. The Morgan fingerprint density at radius 2 is 1.92 bits per heavy atom. The SMILES string of the molecule is CN(/N=C\c1ccccc1)C1=NS(=O)(=O)c2cc([N+](=O)[O-])ccc21. The molecule has 122 valence electrons. The van der Waals surface area contributed by atoms with Crippen molar-refractivity contribution in [1.29, 1.82) is 0 Å². The van der Waals surface area contributed by atoms with E-state index in [-0.39, 0.29) is 22.0 Å². The van der Waals surface area contributed by atoms with E-state index in [2.05, 4.69) is 9.50 Å². The molecule has 0 N–H and O–H groups in total. The van der Waals surface area contributed by atoms with Crippen molar-refractivity contribution in [2.45, 2.75) is 4.90 Å². The van der Waals surface area contributed by atoms with Gasteiger partial charge in [-0.05, 0) is 11.6 Å². The molecule has 1 heterocycles. The Labute approximate surface area is 138 Å². The van der Waals surface area contributed by atoms with Crippen LogP contribution >= 0.6 is 0 Å². The molecule has 0 fully saturated rings. The zero-order chi connectivity index (χ0) is 17.3. The summed E-state index contributed by atoms with van der Waals surface area (Å²) in [5, 5.41) is 16.3. The number of benzene rings is 2. The Hall–Kier alpha value is -3.07. The zero-order valence-electron chi connectivity index (χ0n) is 12.5. The van der Waals surface area contributed by atoms with Crippen LogP contribution in [0.3, 0.4) is 0 Å². The van der Waals surface area contributed by atoms with E-state index in [1.165, 1.54) is 17.1 Å². The van der Waals surface area contributed by atoms with Gasteiger partial charge in [-0.2, -0.15) is 13.5 Å². The van der Waals surface area contributed by atoms with E-state index in [9.17, 15) is 18.5 Å². The fourth-order valence-corrected chi connectivity index (χ4v) is 3.46. The van der Waals surface area contributed by atoms with Gasteiger partial charge in [0.15, 0.2) is 5.84 Å². The molecule has 0 amide bonds. The quantitative estimate of drug-likeness (QED) is 0.481. The number of rotatable bonds is 3. The minimum absolute atomic E-state index is 0.118. The molecule has 0 atom stereocenters. The molecule has 8 nitrogen and oxygen atoms in total. The minimum Gasteiger partial charge on any atom is -0.258 e. The number of hydrazone groups is 1. The molecule has 3 rings (SSSR count). The molecule has 0 unspecified atom stereocenters. The van der Waals surface area contributed by atoms with Gasteiger partial charge < -0.3 is 0 Å². The van der Waals surface area contributed by atoms with Gasteiger partial charge in [0.1, 0.15) is 4.90 Å². The largest absolute Gasteiger partial charge is 0.285 e. The third-order valence-electron chi connectivity index (χ3n) is 3.39. The number of nitro benzene ring substituents is 1. The van der Waals surface area contributed by atoms with Crippen LogP contribution in [0.1, 0.15) is 11.1 Å². The summed E-state index contributed by atoms with van der Waals surface area (Å²) in [6.45, 7) is 0. The van der Waals surface area contributed by atoms with Crippen molar-refractivity contribution in [3.8, 4) is 0 Å². The highest BCUT2D eigenvalue weighted by atomic mass is 32.2. The minimum atomic E-state index is -3.97. The Morgan fingerprint density at radius 1 is 1.21 bits per heavy atom. The fourth-order valence-electron chi connectivity index (χ4n) is 2.22. The topological polar surface area (TPSA) is 105 Å². The molecule has 0 bridgehead atoms. The van der Waals surface area contributed by atoms with E-state index in [1.54, 1.807) is 13.3 Å². The average Bonchev–Trinajstić information content (AvgIpc) is 2.84. The van der Waals surface area contributed by atoms with Crippen molar-refractivity contribution >= 4 is 27.8 Å². The number of nitro groups is 1. The van der Waals surface area contributed by atoms with Crippen LogP contribution in [-0.2, 0) is 10.0 Å². The lowest BCUT2D eigenvalue weighted by atomic mass is 10.2. The lowest BCUT2D eigenvalue weighted by Gasteiger charge is -2.12. The summed E-state index contributed by atoms with van der Waals surface area (Å²) in [6.07, 6.45) is 1.57. The van der Waals surface area contributed by atoms with Crippen LogP contribution in [0, 0.1) is 10.1 Å². The van der Waals surface area contributed by atoms with Gasteiger partial charge in [-0.25, -0.2) is 5.01 Å². The Kier molecular flexibility index (Phi) is 3.86. The normalized spacial score (nSPS) is 15.1. The van der Waals surface area contributed by atoms with Crippen molar-refractivity contribution in [2.24, 2.45) is 9.50 Å². The highest BCUT2D eigenvalue weighted by Gasteiger charge is 2.32. The van der Waals surface area contributed by atoms with Gasteiger partial charge in [0.05, 0.1) is 11.1 Å². The highest BCUT2D eigenvalue weighted by molar-refractivity contribution is 7.90. The molecule has 2 aromatic rings. The van der Waals surface area contributed by atoms with Crippen LogP contribution in [0.2, 0.25) is 0 Å². The van der Waals surface area contributed by atoms with E-state index < -0.39 is 14.9 Å². The molecular weight excluding hydrogens is 332 g/mol. The van der Waals surface area contributed by atoms with E-state index >= 15 is 0 Å². The van der Waals surface area contributed by atoms with Crippen molar-refractivity contribution < 1.29 is 13.3 Å². The van der Waals surface area contributed by atoms with Crippen LogP contribution in [0.15, 0.2) is 62.9 Å². The maximum absolute atomic E-state index is 12.1. The summed E-state index contributed by atoms with van der Waals surface area (Å²) in [7, 11) is -2.41. The van der Waals surface area contributed by atoms with Gasteiger partial charge in [0.2, 0.25) is 0 Å². The van der Waals surface area contributed by atoms with E-state index in [0.29, 0.717) is 0 Å². The number of non-ortho nitro benzene ring substituents is 1. The summed E-state index contributed by atoms with van der Waals surface area (Å²) in [6, 6.07) is 12.9. The smallest absolute Gasteiger partial charge is 0.258 e. The van der Waals surface area contributed by atoms with Crippen LogP contribution in [-0.4, -0.2) is 37.4 Å². The van der Waals surface area contributed by atoms with Crippen LogP contribution in [0.25, 0.3) is 0 Å². The second kappa shape index (κ2) is 5.85. The first kappa shape index (κ1) is 15.8. The summed E-state index contributed by atoms with van der Waals surface area (Å²) < 4.78 is 27.9. The molecule has 0 spiro atoms. The maximum Gasteiger partial charge on any atom is 0.285 e. The van der Waals surface area contributed by atoms with Crippen LogP contribution in [0.4, 0.5) is 5.69 Å². The standard InChI is InChI=1S/C15H12N4O4S/c1-18(16-10-11-5-3-2-4-6-11)15-13-8-7-12(19(20)21)9-14(13)24(22,23)17-15/h2-10H,1H3/b16-10-. The number of amidine groups is 1. The second-order valence-electron chi connectivity index (χ2n) is 5.01. The van der Waals surface area contributed by atoms with Crippen LogP contribution in [0.5, 0.6) is 0 Å². The van der Waals surface area contributed by atoms with E-state index in [1.807, 2.05) is 30.3 Å². The number of nitrogens with zero attached hydrogens (tertiary/aromatic N) is 4. The Morgan fingerprint density at radius 3 is 2.58 bits per heavy atom. The third-order valence-corrected chi connectivity index (χ3v) is 4.69. The molecule has 24 heavy (non-hydrogen) atoms. The number of fused-ring (bicyclic) bond motifs is 1. The molecule has 0 saturated heterocycles. The molecule has 0 aromatic heterocycles. The summed E-state index contributed by atoms with van der Waals surface area (Å²) in [5.41, 5.74) is 0.826. The predicted octanol–water partition coefficient (Wildman–Crippen LogP) is 2.01. The van der Waals surface area contributed by atoms with Gasteiger partial charge in [0, 0.05) is 24.7 Å². The van der Waals surface area contributed by atoms with Crippen LogP contribution < -0.4 is 0 Å². The summed E-state index contributed by atoms with van der Waals surface area (Å²) in [5.74, 6) is 0.118. The molecule has 0 radical (unpaired) electrons. The van der Waals surface area contributed by atoms with Crippen molar-refractivity contribution in [2.75, 3.05) is 7.05 Å². The third kappa shape index (κ3) is 2.88. The second-order valence-corrected chi connectivity index (χ2v) is 6.58. The van der Waals surface area contributed by atoms with Crippen molar-refractivity contribution in [1.82, 2.24) is 5.01 Å². The van der Waals surface area contributed by atoms with Crippen molar-refractivity contribution in [3.63, 3.8) is 0 Å². The van der Waals surface area contributed by atoms with Gasteiger partial charge in [0.25, 0.3) is 15.7 Å². The Balaban J connectivity index is 1.96. The van der Waals surface area contributed by atoms with Gasteiger partial charge >= 0.3 is 0 Å². The van der Waals surface area contributed by atoms with E-state index in [4.69, 9.17) is 0 Å². The highest BCUT2D eigenvalue weighted by Crippen LogP contribution is 2.30. The van der Waals surface area contributed by atoms with Gasteiger partial charge in [-0.15, -0.1) is 4.40 Å². The zero-order valence-corrected chi connectivity index (χ0v) is 13.3. The molecule has 0 aliphatic carbocycles. The first-order valence-corrected chi connectivity index (χ1v) is 8.29. The predicted molar refractivity (Wildman–Crippen MR) is 88.6 cm³/mol. The molecule has 9 heteroatoms.